The molecule has 136 valence electrons. The normalized spacial score (nSPS) is 30.1. The third-order valence-corrected chi connectivity index (χ3v) is 5.99. The number of hydrogen-bond donors (Lipinski definition) is 0. The van der Waals surface area contributed by atoms with E-state index in [4.69, 9.17) is 9.47 Å². The van der Waals surface area contributed by atoms with E-state index < -0.39 is 0 Å². The lowest BCUT2D eigenvalue weighted by atomic mass is 9.75. The van der Waals surface area contributed by atoms with Crippen LogP contribution in [0.1, 0.15) is 12.8 Å². The van der Waals surface area contributed by atoms with Crippen LogP contribution in [0.3, 0.4) is 0 Å². The Morgan fingerprint density at radius 2 is 1.96 bits per heavy atom. The Hall–Kier alpha value is -2.25. The number of methoxy groups -OCH3 is 1. The monoisotopic (exact) mass is 353 g/mol. The van der Waals surface area contributed by atoms with Gasteiger partial charge in [-0.1, -0.05) is 0 Å². The third kappa shape index (κ3) is 2.62. The fourth-order valence-corrected chi connectivity index (χ4v) is 4.52. The molecule has 0 aliphatic carbocycles. The second-order valence-corrected chi connectivity index (χ2v) is 7.44. The number of piperidine rings is 3. The summed E-state index contributed by atoms with van der Waals surface area (Å²) in [5.41, 5.74) is 1.72. The first kappa shape index (κ1) is 16.0. The average Bonchev–Trinajstić information content (AvgIpc) is 3.12. The fraction of sp³-hybridized carbons (Fsp3) is 0.526. The highest BCUT2D eigenvalue weighted by molar-refractivity contribution is 5.58. The molecule has 0 amide bonds. The topological polar surface area (TPSA) is 63.6 Å². The first-order chi connectivity index (χ1) is 12.8. The molecule has 2 aromatic rings. The molecule has 2 bridgehead atoms. The highest BCUT2D eigenvalue weighted by atomic mass is 16.5. The first-order valence-electron chi connectivity index (χ1n) is 9.19. The zero-order valence-corrected chi connectivity index (χ0v) is 15.0. The molecule has 6 heterocycles. The molecular formula is C19H23N5O2. The summed E-state index contributed by atoms with van der Waals surface area (Å²) in [5.74, 6) is 2.15. The maximum Gasteiger partial charge on any atom is 0.212 e. The minimum absolute atomic E-state index is 0.0171. The largest absolute Gasteiger partial charge is 0.481 e. The molecule has 26 heavy (non-hydrogen) atoms. The highest BCUT2D eigenvalue weighted by Crippen LogP contribution is 2.42. The molecule has 6 rings (SSSR count). The van der Waals surface area contributed by atoms with Gasteiger partial charge in [0.15, 0.2) is 0 Å². The van der Waals surface area contributed by atoms with E-state index in [0.717, 1.165) is 30.2 Å². The van der Waals surface area contributed by atoms with E-state index >= 15 is 0 Å². The van der Waals surface area contributed by atoms with E-state index in [2.05, 4.69) is 24.8 Å². The summed E-state index contributed by atoms with van der Waals surface area (Å²) in [5, 5.41) is 0. The first-order valence-corrected chi connectivity index (χ1v) is 9.19. The van der Waals surface area contributed by atoms with E-state index in [9.17, 15) is 0 Å². The van der Waals surface area contributed by atoms with E-state index in [-0.39, 0.29) is 5.60 Å². The van der Waals surface area contributed by atoms with Crippen LogP contribution in [0.15, 0.2) is 30.7 Å². The lowest BCUT2D eigenvalue weighted by Gasteiger charge is -2.50. The summed E-state index contributed by atoms with van der Waals surface area (Å²) in [7, 11) is 1.61. The summed E-state index contributed by atoms with van der Waals surface area (Å²) < 4.78 is 11.4. The van der Waals surface area contributed by atoms with Crippen LogP contribution in [0.4, 0.5) is 5.82 Å². The Bertz CT molecular complexity index is 774. The third-order valence-electron chi connectivity index (χ3n) is 5.99. The quantitative estimate of drug-likeness (QED) is 0.834. The summed E-state index contributed by atoms with van der Waals surface area (Å²) in [6, 6.07) is 3.77. The van der Waals surface area contributed by atoms with Crippen molar-refractivity contribution in [3.8, 4) is 17.1 Å². The standard InChI is InChI=1S/C19H23N5O2/c1-25-18-3-2-14(8-22-18)16-9-21-17(10-20-16)24-12-19(26-13-24)11-23-6-4-15(19)5-7-23/h2-3,8-10,15H,4-7,11-13H2,1H3/t19-/m1/s1. The summed E-state index contributed by atoms with van der Waals surface area (Å²) in [4.78, 5) is 18.2. The van der Waals surface area contributed by atoms with Crippen LogP contribution in [0.5, 0.6) is 5.88 Å². The molecule has 0 aromatic carbocycles. The van der Waals surface area contributed by atoms with Gasteiger partial charge in [-0.05, 0) is 37.9 Å². The molecule has 1 spiro atoms. The second kappa shape index (κ2) is 6.17. The van der Waals surface area contributed by atoms with Crippen molar-refractivity contribution < 1.29 is 9.47 Å². The van der Waals surface area contributed by atoms with Crippen molar-refractivity contribution in [2.45, 2.75) is 18.4 Å². The molecular weight excluding hydrogens is 330 g/mol. The molecule has 7 nitrogen and oxygen atoms in total. The van der Waals surface area contributed by atoms with Crippen molar-refractivity contribution in [2.75, 3.05) is 44.9 Å². The maximum absolute atomic E-state index is 6.32. The number of hydrogen-bond acceptors (Lipinski definition) is 7. The molecule has 7 heteroatoms. The molecule has 4 saturated heterocycles. The van der Waals surface area contributed by atoms with Gasteiger partial charge in [-0.25, -0.2) is 9.97 Å². The van der Waals surface area contributed by atoms with Crippen LogP contribution in [0.2, 0.25) is 0 Å². The molecule has 0 unspecified atom stereocenters. The molecule has 4 fully saturated rings. The zero-order chi connectivity index (χ0) is 17.6. The summed E-state index contributed by atoms with van der Waals surface area (Å²) >= 11 is 0. The minimum Gasteiger partial charge on any atom is -0.481 e. The number of ether oxygens (including phenoxy) is 2. The van der Waals surface area contributed by atoms with Gasteiger partial charge < -0.3 is 19.3 Å². The summed E-state index contributed by atoms with van der Waals surface area (Å²) in [6.45, 7) is 5.01. The lowest BCUT2D eigenvalue weighted by molar-refractivity contribution is -0.116. The van der Waals surface area contributed by atoms with Crippen molar-refractivity contribution in [3.05, 3.63) is 30.7 Å². The maximum atomic E-state index is 6.32. The molecule has 0 saturated carbocycles. The van der Waals surface area contributed by atoms with Gasteiger partial charge in [-0.2, -0.15) is 0 Å². The predicted molar refractivity (Wildman–Crippen MR) is 97.0 cm³/mol. The lowest BCUT2D eigenvalue weighted by Crippen LogP contribution is -2.61. The van der Waals surface area contributed by atoms with Crippen LogP contribution in [0.25, 0.3) is 11.3 Å². The second-order valence-electron chi connectivity index (χ2n) is 7.44. The highest BCUT2D eigenvalue weighted by Gasteiger charge is 2.51. The Labute approximate surface area is 153 Å². The Balaban J connectivity index is 1.32. The Morgan fingerprint density at radius 3 is 2.58 bits per heavy atom. The van der Waals surface area contributed by atoms with Gasteiger partial charge in [0.25, 0.3) is 0 Å². The molecule has 4 aliphatic heterocycles. The van der Waals surface area contributed by atoms with Gasteiger partial charge in [0.2, 0.25) is 5.88 Å². The molecule has 0 N–H and O–H groups in total. The van der Waals surface area contributed by atoms with Crippen molar-refractivity contribution in [1.82, 2.24) is 19.9 Å². The fourth-order valence-electron chi connectivity index (χ4n) is 4.52. The van der Waals surface area contributed by atoms with Crippen LogP contribution in [-0.2, 0) is 4.74 Å². The number of rotatable bonds is 3. The van der Waals surface area contributed by atoms with Crippen molar-refractivity contribution in [3.63, 3.8) is 0 Å². The van der Waals surface area contributed by atoms with Crippen LogP contribution in [0, 0.1) is 5.92 Å². The van der Waals surface area contributed by atoms with Gasteiger partial charge in [0.1, 0.15) is 18.1 Å². The Morgan fingerprint density at radius 1 is 1.08 bits per heavy atom. The van der Waals surface area contributed by atoms with Crippen molar-refractivity contribution in [1.29, 1.82) is 0 Å². The van der Waals surface area contributed by atoms with Crippen LogP contribution < -0.4 is 9.64 Å². The number of aromatic nitrogens is 3. The number of fused-ring (bicyclic) bond motifs is 2. The minimum atomic E-state index is -0.0171. The van der Waals surface area contributed by atoms with Gasteiger partial charge in [0.05, 0.1) is 31.7 Å². The van der Waals surface area contributed by atoms with E-state index in [0.29, 0.717) is 18.5 Å². The van der Waals surface area contributed by atoms with Crippen molar-refractivity contribution >= 4 is 5.82 Å². The predicted octanol–water partition coefficient (Wildman–Crippen LogP) is 1.81. The van der Waals surface area contributed by atoms with E-state index in [1.165, 1.54) is 25.9 Å². The van der Waals surface area contributed by atoms with Gasteiger partial charge >= 0.3 is 0 Å². The van der Waals surface area contributed by atoms with Gasteiger partial charge in [-0.3, -0.25) is 4.98 Å². The molecule has 4 aliphatic rings. The molecule has 0 radical (unpaired) electrons. The Kier molecular flexibility index (Phi) is 3.79. The summed E-state index contributed by atoms with van der Waals surface area (Å²) in [6.07, 6.45) is 7.90. The van der Waals surface area contributed by atoms with Crippen molar-refractivity contribution in [2.24, 2.45) is 5.92 Å². The molecule has 2 aromatic heterocycles. The van der Waals surface area contributed by atoms with E-state index in [1.54, 1.807) is 19.5 Å². The number of nitrogens with zero attached hydrogens (tertiary/aromatic N) is 5. The smallest absolute Gasteiger partial charge is 0.212 e. The molecule has 1 atom stereocenters. The average molecular weight is 353 g/mol. The number of anilines is 1. The SMILES string of the molecule is COc1ccc(-c2cnc(N3CO[C@]4(CN5CCC4CC5)C3)cn2)cn1. The number of pyridine rings is 1. The van der Waals surface area contributed by atoms with E-state index in [1.807, 2.05) is 18.3 Å². The zero-order valence-electron chi connectivity index (χ0n) is 15.0. The van der Waals surface area contributed by atoms with Gasteiger partial charge in [-0.15, -0.1) is 0 Å². The van der Waals surface area contributed by atoms with Crippen LogP contribution in [-0.4, -0.2) is 65.5 Å². The van der Waals surface area contributed by atoms with Crippen LogP contribution >= 0.6 is 0 Å². The van der Waals surface area contributed by atoms with Gasteiger partial charge in [0, 0.05) is 24.4 Å².